The lowest BCUT2D eigenvalue weighted by atomic mass is 9.85. The van der Waals surface area contributed by atoms with Gasteiger partial charge in [0.2, 0.25) is 0 Å². The monoisotopic (exact) mass is 317 g/mol. The van der Waals surface area contributed by atoms with Gasteiger partial charge in [0.1, 0.15) is 0 Å². The standard InChI is InChI=1S/C23H27N/c1-6-16-12-17(7-2)14-19(13-16)22-21-9-8-20(23(3,4)5)15-18(21)10-11-24-22/h8-15H,6-7H2,1-5H3. The summed E-state index contributed by atoms with van der Waals surface area (Å²) in [6, 6.07) is 15.8. The number of aryl methyl sites for hydroxylation is 2. The fraction of sp³-hybridized carbons (Fsp3) is 0.348. The fourth-order valence-electron chi connectivity index (χ4n) is 3.18. The zero-order valence-electron chi connectivity index (χ0n) is 15.5. The van der Waals surface area contributed by atoms with Gasteiger partial charge >= 0.3 is 0 Å². The minimum atomic E-state index is 0.162. The van der Waals surface area contributed by atoms with Gasteiger partial charge in [0, 0.05) is 17.1 Å². The van der Waals surface area contributed by atoms with Crippen molar-refractivity contribution in [2.24, 2.45) is 0 Å². The average molecular weight is 317 g/mol. The lowest BCUT2D eigenvalue weighted by molar-refractivity contribution is 0.591. The second-order valence-corrected chi connectivity index (χ2v) is 7.59. The van der Waals surface area contributed by atoms with Crippen molar-refractivity contribution >= 4 is 10.8 Å². The van der Waals surface area contributed by atoms with E-state index in [4.69, 9.17) is 4.98 Å². The first-order valence-corrected chi connectivity index (χ1v) is 8.95. The Hall–Kier alpha value is -2.15. The summed E-state index contributed by atoms with van der Waals surface area (Å²) in [6.07, 6.45) is 4.05. The molecule has 0 saturated heterocycles. The van der Waals surface area contributed by atoms with Crippen molar-refractivity contribution in [1.82, 2.24) is 4.98 Å². The van der Waals surface area contributed by atoms with E-state index in [0.717, 1.165) is 18.5 Å². The highest BCUT2D eigenvalue weighted by atomic mass is 14.7. The SMILES string of the molecule is CCc1cc(CC)cc(-c2nccc3cc(C(C)(C)C)ccc23)c1. The van der Waals surface area contributed by atoms with Crippen LogP contribution < -0.4 is 0 Å². The van der Waals surface area contributed by atoms with E-state index in [-0.39, 0.29) is 5.41 Å². The van der Waals surface area contributed by atoms with Gasteiger partial charge < -0.3 is 0 Å². The van der Waals surface area contributed by atoms with Crippen molar-refractivity contribution in [1.29, 1.82) is 0 Å². The van der Waals surface area contributed by atoms with Crippen LogP contribution in [0.2, 0.25) is 0 Å². The molecule has 0 fully saturated rings. The second kappa shape index (κ2) is 6.39. The third-order valence-electron chi connectivity index (χ3n) is 4.77. The molecule has 0 bridgehead atoms. The number of pyridine rings is 1. The molecule has 124 valence electrons. The highest BCUT2D eigenvalue weighted by Crippen LogP contribution is 2.31. The molecule has 1 heterocycles. The van der Waals surface area contributed by atoms with Gasteiger partial charge in [-0.05, 0) is 58.5 Å². The van der Waals surface area contributed by atoms with Crippen molar-refractivity contribution in [2.45, 2.75) is 52.9 Å². The molecule has 0 aliphatic heterocycles. The Kier molecular flexibility index (Phi) is 4.45. The lowest BCUT2D eigenvalue weighted by Gasteiger charge is -2.20. The van der Waals surface area contributed by atoms with Gasteiger partial charge in [-0.25, -0.2) is 0 Å². The van der Waals surface area contributed by atoms with Gasteiger partial charge in [0.15, 0.2) is 0 Å². The molecule has 0 atom stereocenters. The molecule has 24 heavy (non-hydrogen) atoms. The van der Waals surface area contributed by atoms with E-state index in [9.17, 15) is 0 Å². The summed E-state index contributed by atoms with van der Waals surface area (Å²) in [5.74, 6) is 0. The molecule has 2 aromatic carbocycles. The Morgan fingerprint density at radius 2 is 1.50 bits per heavy atom. The number of aromatic nitrogens is 1. The van der Waals surface area contributed by atoms with Gasteiger partial charge in [-0.15, -0.1) is 0 Å². The minimum Gasteiger partial charge on any atom is -0.256 e. The fourth-order valence-corrected chi connectivity index (χ4v) is 3.18. The summed E-state index contributed by atoms with van der Waals surface area (Å²) < 4.78 is 0. The van der Waals surface area contributed by atoms with Gasteiger partial charge in [-0.1, -0.05) is 58.9 Å². The van der Waals surface area contributed by atoms with Crippen LogP contribution in [0.1, 0.15) is 51.3 Å². The van der Waals surface area contributed by atoms with Crippen LogP contribution in [0.15, 0.2) is 48.7 Å². The number of benzene rings is 2. The molecule has 0 spiro atoms. The molecule has 0 aliphatic carbocycles. The van der Waals surface area contributed by atoms with Crippen LogP contribution in [0.3, 0.4) is 0 Å². The molecule has 0 saturated carbocycles. The molecule has 0 unspecified atom stereocenters. The summed E-state index contributed by atoms with van der Waals surface area (Å²) in [4.78, 5) is 4.72. The van der Waals surface area contributed by atoms with E-state index in [0.29, 0.717) is 0 Å². The number of hydrogen-bond donors (Lipinski definition) is 0. The predicted octanol–water partition coefficient (Wildman–Crippen LogP) is 6.32. The molecule has 1 aromatic heterocycles. The maximum atomic E-state index is 4.72. The van der Waals surface area contributed by atoms with Crippen molar-refractivity contribution in [3.8, 4) is 11.3 Å². The first-order chi connectivity index (χ1) is 11.4. The Labute approximate surface area is 145 Å². The zero-order valence-corrected chi connectivity index (χ0v) is 15.5. The van der Waals surface area contributed by atoms with Crippen LogP contribution in [0.4, 0.5) is 0 Å². The summed E-state index contributed by atoms with van der Waals surface area (Å²) >= 11 is 0. The average Bonchev–Trinajstić information content (AvgIpc) is 2.59. The smallest absolute Gasteiger partial charge is 0.0780 e. The number of rotatable bonds is 3. The lowest BCUT2D eigenvalue weighted by Crippen LogP contribution is -2.10. The van der Waals surface area contributed by atoms with E-state index in [1.165, 1.54) is 33.0 Å². The Morgan fingerprint density at radius 3 is 2.08 bits per heavy atom. The zero-order chi connectivity index (χ0) is 17.3. The third kappa shape index (κ3) is 3.21. The predicted molar refractivity (Wildman–Crippen MR) is 105 cm³/mol. The van der Waals surface area contributed by atoms with E-state index >= 15 is 0 Å². The number of nitrogens with zero attached hydrogens (tertiary/aromatic N) is 1. The molecule has 0 radical (unpaired) electrons. The molecular weight excluding hydrogens is 290 g/mol. The first-order valence-electron chi connectivity index (χ1n) is 8.95. The summed E-state index contributed by atoms with van der Waals surface area (Å²) in [5.41, 5.74) is 6.63. The van der Waals surface area contributed by atoms with Crippen LogP contribution in [-0.4, -0.2) is 4.98 Å². The Morgan fingerprint density at radius 1 is 0.833 bits per heavy atom. The minimum absolute atomic E-state index is 0.162. The summed E-state index contributed by atoms with van der Waals surface area (Å²) in [6.45, 7) is 11.2. The molecular formula is C23H27N. The largest absolute Gasteiger partial charge is 0.256 e. The van der Waals surface area contributed by atoms with E-state index < -0.39 is 0 Å². The van der Waals surface area contributed by atoms with Gasteiger partial charge in [0.25, 0.3) is 0 Å². The summed E-state index contributed by atoms with van der Waals surface area (Å²) in [5, 5.41) is 2.51. The van der Waals surface area contributed by atoms with Crippen LogP contribution >= 0.6 is 0 Å². The number of hydrogen-bond acceptors (Lipinski definition) is 1. The van der Waals surface area contributed by atoms with E-state index in [2.05, 4.69) is 77.1 Å². The van der Waals surface area contributed by atoms with Crippen molar-refractivity contribution in [3.63, 3.8) is 0 Å². The van der Waals surface area contributed by atoms with Crippen molar-refractivity contribution in [3.05, 3.63) is 65.4 Å². The van der Waals surface area contributed by atoms with Crippen molar-refractivity contribution < 1.29 is 0 Å². The molecule has 0 aliphatic rings. The van der Waals surface area contributed by atoms with Gasteiger partial charge in [-0.3, -0.25) is 4.98 Å². The molecule has 0 amide bonds. The van der Waals surface area contributed by atoms with Crippen LogP contribution in [0.25, 0.3) is 22.0 Å². The quantitative estimate of drug-likeness (QED) is 0.550. The maximum absolute atomic E-state index is 4.72. The first kappa shape index (κ1) is 16.7. The van der Waals surface area contributed by atoms with Crippen LogP contribution in [-0.2, 0) is 18.3 Å². The van der Waals surface area contributed by atoms with Crippen LogP contribution in [0, 0.1) is 0 Å². The van der Waals surface area contributed by atoms with E-state index in [1.54, 1.807) is 0 Å². The molecule has 3 aromatic rings. The summed E-state index contributed by atoms with van der Waals surface area (Å²) in [7, 11) is 0. The second-order valence-electron chi connectivity index (χ2n) is 7.59. The molecule has 1 heteroatoms. The van der Waals surface area contributed by atoms with Crippen molar-refractivity contribution in [2.75, 3.05) is 0 Å². The van der Waals surface area contributed by atoms with Gasteiger partial charge in [0.05, 0.1) is 5.69 Å². The Balaban J connectivity index is 2.20. The highest BCUT2D eigenvalue weighted by Gasteiger charge is 2.15. The number of fused-ring (bicyclic) bond motifs is 1. The maximum Gasteiger partial charge on any atom is 0.0780 e. The third-order valence-corrected chi connectivity index (χ3v) is 4.77. The van der Waals surface area contributed by atoms with Crippen LogP contribution in [0.5, 0.6) is 0 Å². The molecule has 0 N–H and O–H groups in total. The normalized spacial score (nSPS) is 11.9. The highest BCUT2D eigenvalue weighted by molar-refractivity contribution is 5.95. The Bertz CT molecular complexity index is 847. The topological polar surface area (TPSA) is 12.9 Å². The van der Waals surface area contributed by atoms with E-state index in [1.807, 2.05) is 6.20 Å². The molecule has 1 nitrogen and oxygen atoms in total. The van der Waals surface area contributed by atoms with Gasteiger partial charge in [-0.2, -0.15) is 0 Å². The molecule has 3 rings (SSSR count).